The Morgan fingerprint density at radius 3 is 2.53 bits per heavy atom. The molecule has 0 atom stereocenters. The van der Waals surface area contributed by atoms with Gasteiger partial charge in [0.25, 0.3) is 5.91 Å². The van der Waals surface area contributed by atoms with Crippen molar-refractivity contribution in [3.8, 4) is 11.1 Å². The van der Waals surface area contributed by atoms with Gasteiger partial charge in [0.15, 0.2) is 0 Å². The molecule has 2 aliphatic heterocycles. The summed E-state index contributed by atoms with van der Waals surface area (Å²) in [6.07, 6.45) is 3.72. The second kappa shape index (κ2) is 8.50. The van der Waals surface area contributed by atoms with Crippen molar-refractivity contribution in [1.29, 1.82) is 0 Å². The molecule has 0 N–H and O–H groups in total. The summed E-state index contributed by atoms with van der Waals surface area (Å²) in [6, 6.07) is 12.8. The predicted octanol–water partition coefficient (Wildman–Crippen LogP) is 3.68. The summed E-state index contributed by atoms with van der Waals surface area (Å²) in [7, 11) is 3.64. The second-order valence-electron chi connectivity index (χ2n) is 11.5. The van der Waals surface area contributed by atoms with Gasteiger partial charge in [-0.3, -0.25) is 24.2 Å². The molecule has 1 saturated heterocycles. The molecule has 2 saturated carbocycles. The highest BCUT2D eigenvalue weighted by atomic mass is 16.5. The largest absolute Gasteiger partial charge is 0.378 e. The number of likely N-dealkylation sites (tertiary alicyclic amines) is 1. The third-order valence-corrected chi connectivity index (χ3v) is 8.62. The number of aliphatic imine (C=N–C) groups is 1. The molecule has 3 aromatic rings. The van der Waals surface area contributed by atoms with Crippen LogP contribution in [-0.2, 0) is 28.0 Å². The van der Waals surface area contributed by atoms with Crippen LogP contribution in [0.2, 0.25) is 0 Å². The Hall–Kier alpha value is -3.52. The SMILES string of the molecule is COCc1c2cc(-c3ccc(C4=NC5(CC5)C(=O)N4CC4CN(C(=O)C5CC5)C4)c(C)c3)ccc2nn1C. The van der Waals surface area contributed by atoms with Gasteiger partial charge in [0.2, 0.25) is 5.91 Å². The minimum atomic E-state index is -0.545. The Morgan fingerprint density at radius 1 is 1.11 bits per heavy atom. The predicted molar refractivity (Wildman–Crippen MR) is 145 cm³/mol. The van der Waals surface area contributed by atoms with E-state index >= 15 is 0 Å². The standard InChI is InChI=1S/C30H33N5O3/c1-18-12-21(22-7-9-25-24(13-22)26(17-38-3)33(2)32-25)6-8-23(18)27-31-30(10-11-30)29(37)35(27)16-19-14-34(15-19)28(36)20-4-5-20/h6-9,12-13,19-20H,4-5,10-11,14-17H2,1-3H3. The van der Waals surface area contributed by atoms with Gasteiger partial charge in [-0.25, -0.2) is 0 Å². The van der Waals surface area contributed by atoms with Gasteiger partial charge in [0, 0.05) is 56.6 Å². The maximum Gasteiger partial charge on any atom is 0.256 e. The molecule has 8 heteroatoms. The highest BCUT2D eigenvalue weighted by Crippen LogP contribution is 2.46. The first-order chi connectivity index (χ1) is 18.4. The highest BCUT2D eigenvalue weighted by Gasteiger charge is 2.58. The van der Waals surface area contributed by atoms with Gasteiger partial charge in [-0.05, 0) is 61.4 Å². The number of rotatable bonds is 7. The molecule has 4 aliphatic rings. The van der Waals surface area contributed by atoms with Crippen molar-refractivity contribution in [1.82, 2.24) is 19.6 Å². The number of fused-ring (bicyclic) bond motifs is 1. The van der Waals surface area contributed by atoms with E-state index in [1.54, 1.807) is 7.11 Å². The Kier molecular flexibility index (Phi) is 5.27. The summed E-state index contributed by atoms with van der Waals surface area (Å²) in [5.74, 6) is 1.80. The van der Waals surface area contributed by atoms with Crippen molar-refractivity contribution in [3.63, 3.8) is 0 Å². The van der Waals surface area contributed by atoms with Crippen molar-refractivity contribution < 1.29 is 14.3 Å². The van der Waals surface area contributed by atoms with Crippen molar-refractivity contribution in [2.24, 2.45) is 23.9 Å². The van der Waals surface area contributed by atoms with Crippen molar-refractivity contribution in [3.05, 3.63) is 53.2 Å². The molecule has 196 valence electrons. The molecular formula is C30H33N5O3. The monoisotopic (exact) mass is 511 g/mol. The lowest BCUT2D eigenvalue weighted by molar-refractivity contribution is -0.139. The summed E-state index contributed by atoms with van der Waals surface area (Å²) in [5.41, 5.74) is 5.80. The van der Waals surface area contributed by atoms with E-state index in [2.05, 4.69) is 48.4 Å². The lowest BCUT2D eigenvalue weighted by Crippen LogP contribution is -2.55. The quantitative estimate of drug-likeness (QED) is 0.485. The van der Waals surface area contributed by atoms with E-state index in [9.17, 15) is 9.59 Å². The zero-order valence-corrected chi connectivity index (χ0v) is 22.2. The normalized spacial score (nSPS) is 20.4. The first kappa shape index (κ1) is 23.6. The molecule has 3 heterocycles. The lowest BCUT2D eigenvalue weighted by atomic mass is 9.96. The van der Waals surface area contributed by atoms with Crippen LogP contribution in [0.15, 0.2) is 41.4 Å². The van der Waals surface area contributed by atoms with E-state index in [-0.39, 0.29) is 11.8 Å². The molecule has 8 nitrogen and oxygen atoms in total. The van der Waals surface area contributed by atoms with E-state index in [0.29, 0.717) is 25.0 Å². The third kappa shape index (κ3) is 3.76. The van der Waals surface area contributed by atoms with Gasteiger partial charge < -0.3 is 9.64 Å². The van der Waals surface area contributed by atoms with E-state index in [1.165, 1.54) is 0 Å². The second-order valence-corrected chi connectivity index (χ2v) is 11.5. The number of aromatic nitrogens is 2. The fourth-order valence-electron chi connectivity index (χ4n) is 6.02. The van der Waals surface area contributed by atoms with Crippen molar-refractivity contribution in [2.75, 3.05) is 26.7 Å². The molecular weight excluding hydrogens is 478 g/mol. The van der Waals surface area contributed by atoms with Crippen LogP contribution in [0, 0.1) is 18.8 Å². The average Bonchev–Trinajstić information content (AvgIpc) is 3.80. The number of benzene rings is 2. The molecule has 1 spiro atoms. The molecule has 1 aromatic heterocycles. The van der Waals surface area contributed by atoms with E-state index < -0.39 is 5.54 Å². The number of nitrogens with zero attached hydrogens (tertiary/aromatic N) is 5. The number of aryl methyl sites for hydroxylation is 2. The van der Waals surface area contributed by atoms with Crippen LogP contribution in [0.5, 0.6) is 0 Å². The number of carbonyl (C=O) groups is 2. The maximum absolute atomic E-state index is 13.4. The Bertz CT molecular complexity index is 1510. The molecule has 3 fully saturated rings. The number of hydrogen-bond acceptors (Lipinski definition) is 5. The van der Waals surface area contributed by atoms with E-state index in [1.807, 2.05) is 21.5 Å². The molecule has 0 unspecified atom stereocenters. The maximum atomic E-state index is 13.4. The van der Waals surface area contributed by atoms with Gasteiger partial charge >= 0.3 is 0 Å². The number of hydrogen-bond donors (Lipinski definition) is 0. The van der Waals surface area contributed by atoms with Crippen LogP contribution in [0.3, 0.4) is 0 Å². The number of carbonyl (C=O) groups excluding carboxylic acids is 2. The molecule has 2 amide bonds. The van der Waals surface area contributed by atoms with Crippen LogP contribution in [-0.4, -0.2) is 69.5 Å². The lowest BCUT2D eigenvalue weighted by Gasteiger charge is -2.41. The minimum Gasteiger partial charge on any atom is -0.378 e. The summed E-state index contributed by atoms with van der Waals surface area (Å²) in [4.78, 5) is 34.6. The Labute approximate surface area is 222 Å². The van der Waals surface area contributed by atoms with Crippen LogP contribution in [0.1, 0.15) is 42.5 Å². The first-order valence-corrected chi connectivity index (χ1v) is 13.6. The van der Waals surface area contributed by atoms with Crippen molar-refractivity contribution in [2.45, 2.75) is 44.8 Å². The number of ether oxygens (including phenoxy) is 1. The smallest absolute Gasteiger partial charge is 0.256 e. The molecule has 0 radical (unpaired) electrons. The van der Waals surface area contributed by atoms with Crippen LogP contribution in [0.4, 0.5) is 0 Å². The van der Waals surface area contributed by atoms with E-state index in [0.717, 1.165) is 83.5 Å². The fraction of sp³-hybridized carbons (Fsp3) is 0.467. The topological polar surface area (TPSA) is 80.0 Å². The Morgan fingerprint density at radius 2 is 1.84 bits per heavy atom. The molecule has 2 aliphatic carbocycles. The summed E-state index contributed by atoms with van der Waals surface area (Å²) in [6.45, 7) is 4.74. The highest BCUT2D eigenvalue weighted by molar-refractivity contribution is 6.17. The zero-order chi connectivity index (χ0) is 26.2. The van der Waals surface area contributed by atoms with Gasteiger partial charge in [-0.15, -0.1) is 0 Å². The summed E-state index contributed by atoms with van der Waals surface area (Å²) in [5, 5.41) is 5.70. The Balaban J connectivity index is 1.15. The van der Waals surface area contributed by atoms with Gasteiger partial charge in [-0.1, -0.05) is 24.3 Å². The zero-order valence-electron chi connectivity index (χ0n) is 22.2. The molecule has 7 rings (SSSR count). The van der Waals surface area contributed by atoms with E-state index in [4.69, 9.17) is 9.73 Å². The minimum absolute atomic E-state index is 0.135. The molecule has 38 heavy (non-hydrogen) atoms. The van der Waals surface area contributed by atoms with Gasteiger partial charge in [0.05, 0.1) is 17.8 Å². The van der Waals surface area contributed by atoms with Gasteiger partial charge in [-0.2, -0.15) is 5.10 Å². The fourth-order valence-corrected chi connectivity index (χ4v) is 6.02. The number of amidine groups is 1. The van der Waals surface area contributed by atoms with Crippen LogP contribution >= 0.6 is 0 Å². The first-order valence-electron chi connectivity index (χ1n) is 13.6. The average molecular weight is 512 g/mol. The summed E-state index contributed by atoms with van der Waals surface area (Å²) < 4.78 is 7.28. The van der Waals surface area contributed by atoms with Crippen LogP contribution < -0.4 is 0 Å². The third-order valence-electron chi connectivity index (χ3n) is 8.62. The van der Waals surface area contributed by atoms with Crippen molar-refractivity contribution >= 4 is 28.6 Å². The van der Waals surface area contributed by atoms with Crippen LogP contribution in [0.25, 0.3) is 22.0 Å². The summed E-state index contributed by atoms with van der Waals surface area (Å²) >= 11 is 0. The molecule has 0 bridgehead atoms. The van der Waals surface area contributed by atoms with Gasteiger partial charge in [0.1, 0.15) is 11.4 Å². The number of methoxy groups -OCH3 is 1. The number of amides is 2. The molecule has 2 aromatic carbocycles.